The van der Waals surface area contributed by atoms with E-state index in [1.807, 2.05) is 61.5 Å². The van der Waals surface area contributed by atoms with E-state index in [2.05, 4.69) is 35.0 Å². The molecule has 2 aromatic carbocycles. The second kappa shape index (κ2) is 19.4. The number of benzene rings is 2. The van der Waals surface area contributed by atoms with E-state index in [1.165, 1.54) is 25.7 Å². The maximum Gasteiger partial charge on any atom is 0.264 e. The molecule has 7 nitrogen and oxygen atoms in total. The summed E-state index contributed by atoms with van der Waals surface area (Å²) in [6.45, 7) is 13.6. The number of amides is 1. The Kier molecular flexibility index (Phi) is 15.9. The first kappa shape index (κ1) is 33.5. The van der Waals surface area contributed by atoms with E-state index in [4.69, 9.17) is 9.47 Å². The van der Waals surface area contributed by atoms with Crippen molar-refractivity contribution in [3.8, 4) is 22.8 Å². The molecular weight excluding hydrogens is 514 g/mol. The molecule has 0 saturated carbocycles. The molecule has 1 saturated heterocycles. The van der Waals surface area contributed by atoms with Crippen LogP contribution in [0.1, 0.15) is 56.8 Å². The molecule has 0 bridgehead atoms. The topological polar surface area (TPSA) is 64.1 Å². The number of rotatable bonds is 7. The number of unbranched alkanes of at least 4 members (excludes halogenated alkanes) is 1. The summed E-state index contributed by atoms with van der Waals surface area (Å²) in [5, 5.41) is 0. The first-order valence-electron chi connectivity index (χ1n) is 14.4. The maximum absolute atomic E-state index is 13.1. The van der Waals surface area contributed by atoms with Crippen molar-refractivity contribution in [2.24, 2.45) is 0 Å². The van der Waals surface area contributed by atoms with Gasteiger partial charge in [0, 0.05) is 26.8 Å². The molecule has 0 spiro atoms. The fourth-order valence-corrected chi connectivity index (χ4v) is 4.06. The molecule has 1 fully saturated rings. The lowest BCUT2D eigenvalue weighted by Gasteiger charge is -2.29. The van der Waals surface area contributed by atoms with Gasteiger partial charge in [-0.25, -0.2) is 4.98 Å². The molecule has 41 heavy (non-hydrogen) atoms. The number of hydrogen-bond donors (Lipinski definition) is 0. The summed E-state index contributed by atoms with van der Waals surface area (Å²) in [4.78, 5) is 21.4. The molecule has 0 aliphatic carbocycles. The Morgan fingerprint density at radius 3 is 2.22 bits per heavy atom. The van der Waals surface area contributed by atoms with Crippen molar-refractivity contribution in [1.82, 2.24) is 9.88 Å². The third-order valence-corrected chi connectivity index (χ3v) is 6.30. The molecule has 7 heteroatoms. The van der Waals surface area contributed by atoms with Crippen molar-refractivity contribution in [1.29, 1.82) is 0 Å². The molecule has 1 amide bonds. The van der Waals surface area contributed by atoms with Crippen LogP contribution in [0.3, 0.4) is 0 Å². The fourth-order valence-electron chi connectivity index (χ4n) is 4.06. The number of methoxy groups -OCH3 is 1. The van der Waals surface area contributed by atoms with Crippen molar-refractivity contribution < 1.29 is 19.0 Å². The number of pyridine rings is 1. The summed E-state index contributed by atoms with van der Waals surface area (Å²) in [5.41, 5.74) is 3.36. The van der Waals surface area contributed by atoms with Crippen LogP contribution in [0.5, 0.6) is 11.6 Å². The fraction of sp³-hybridized carbons (Fsp3) is 0.412. The summed E-state index contributed by atoms with van der Waals surface area (Å²) >= 11 is 0. The van der Waals surface area contributed by atoms with Crippen LogP contribution in [0.2, 0.25) is 0 Å². The third kappa shape index (κ3) is 11.0. The van der Waals surface area contributed by atoms with Gasteiger partial charge >= 0.3 is 0 Å². The van der Waals surface area contributed by atoms with E-state index >= 15 is 0 Å². The van der Waals surface area contributed by atoms with Gasteiger partial charge in [0.05, 0.1) is 17.4 Å². The highest BCUT2D eigenvalue weighted by atomic mass is 16.5. The van der Waals surface area contributed by atoms with Crippen LogP contribution in [0.4, 0.5) is 5.69 Å². The SMILES string of the molecule is C=CC.CCCC.COC.O=C1c2ccc(-c3ccccc3)cc2OCN1c1ccc(OCCN2CCCC2)nc1. The number of carbonyl (C=O) groups excluding carboxylic acids is 1. The standard InChI is InChI=1S/C25H25N3O3.C4H10.C3H6.C2H6O/c29-25-22-10-8-20(19-6-2-1-3-7-19)16-23(22)31-18-28(25)21-9-11-24(26-17-21)30-15-14-27-12-4-5-13-27;1-3-4-2;2*1-3-2/h1-3,6-11,16-17H,4-5,12-15,18H2;3-4H2,1-2H3;3H,1H2,2H3;1-2H3. The van der Waals surface area contributed by atoms with Gasteiger partial charge in [-0.15, -0.1) is 6.58 Å². The molecule has 0 atom stereocenters. The minimum atomic E-state index is -0.0923. The monoisotopic (exact) mass is 561 g/mol. The van der Waals surface area contributed by atoms with Crippen LogP contribution in [-0.2, 0) is 4.74 Å². The highest BCUT2D eigenvalue weighted by molar-refractivity contribution is 6.09. The second-order valence-electron chi connectivity index (χ2n) is 9.65. The zero-order valence-corrected chi connectivity index (χ0v) is 25.5. The Labute approximate surface area is 246 Å². The number of nitrogens with zero attached hydrogens (tertiary/aromatic N) is 3. The van der Waals surface area contributed by atoms with E-state index in [-0.39, 0.29) is 12.6 Å². The van der Waals surface area contributed by atoms with Gasteiger partial charge in [0.15, 0.2) is 6.73 Å². The number of ether oxygens (including phenoxy) is 3. The molecule has 2 aliphatic heterocycles. The minimum absolute atomic E-state index is 0.0923. The minimum Gasteiger partial charge on any atom is -0.476 e. The van der Waals surface area contributed by atoms with Crippen LogP contribution in [0, 0.1) is 0 Å². The van der Waals surface area contributed by atoms with Crippen LogP contribution in [0.25, 0.3) is 11.1 Å². The van der Waals surface area contributed by atoms with Crippen LogP contribution >= 0.6 is 0 Å². The first-order valence-corrected chi connectivity index (χ1v) is 14.4. The van der Waals surface area contributed by atoms with E-state index < -0.39 is 0 Å². The number of allylic oxidation sites excluding steroid dienone is 1. The van der Waals surface area contributed by atoms with E-state index in [0.717, 1.165) is 30.8 Å². The Balaban J connectivity index is 0.000000516. The Morgan fingerprint density at radius 1 is 0.976 bits per heavy atom. The summed E-state index contributed by atoms with van der Waals surface area (Å²) in [7, 11) is 3.25. The molecule has 3 heterocycles. The normalized spacial score (nSPS) is 13.7. The molecule has 0 unspecified atom stereocenters. The van der Waals surface area contributed by atoms with E-state index in [1.54, 1.807) is 37.5 Å². The molecule has 1 aromatic heterocycles. The molecule has 5 rings (SSSR count). The molecule has 222 valence electrons. The van der Waals surface area contributed by atoms with Gasteiger partial charge in [-0.1, -0.05) is 69.2 Å². The summed E-state index contributed by atoms with van der Waals surface area (Å²) < 4.78 is 15.9. The lowest BCUT2D eigenvalue weighted by atomic mass is 10.0. The van der Waals surface area contributed by atoms with Crippen molar-refractivity contribution in [2.75, 3.05) is 52.1 Å². The quantitative estimate of drug-likeness (QED) is 0.279. The molecule has 3 aromatic rings. The van der Waals surface area contributed by atoms with Crippen LogP contribution in [-0.4, -0.2) is 63.0 Å². The number of aromatic nitrogens is 1. The number of likely N-dealkylation sites (tertiary alicyclic amines) is 1. The van der Waals surface area contributed by atoms with Gasteiger partial charge in [0.1, 0.15) is 12.4 Å². The van der Waals surface area contributed by atoms with Crippen LogP contribution < -0.4 is 14.4 Å². The smallest absolute Gasteiger partial charge is 0.264 e. The lowest BCUT2D eigenvalue weighted by molar-refractivity contribution is 0.0937. The zero-order valence-electron chi connectivity index (χ0n) is 25.5. The number of carbonyl (C=O) groups is 1. The number of anilines is 1. The van der Waals surface area contributed by atoms with Gasteiger partial charge < -0.3 is 14.2 Å². The summed E-state index contributed by atoms with van der Waals surface area (Å²) in [6, 6.07) is 19.4. The highest BCUT2D eigenvalue weighted by Crippen LogP contribution is 2.32. The predicted octanol–water partition coefficient (Wildman–Crippen LogP) is 7.48. The van der Waals surface area contributed by atoms with Gasteiger partial charge in [-0.2, -0.15) is 0 Å². The Morgan fingerprint density at radius 2 is 1.63 bits per heavy atom. The highest BCUT2D eigenvalue weighted by Gasteiger charge is 2.27. The summed E-state index contributed by atoms with van der Waals surface area (Å²) in [6.07, 6.45) is 8.60. The van der Waals surface area contributed by atoms with Crippen molar-refractivity contribution in [3.05, 3.63) is 85.1 Å². The van der Waals surface area contributed by atoms with E-state index in [9.17, 15) is 4.79 Å². The summed E-state index contributed by atoms with van der Waals surface area (Å²) in [5.74, 6) is 1.09. The second-order valence-corrected chi connectivity index (χ2v) is 9.65. The predicted molar refractivity (Wildman–Crippen MR) is 169 cm³/mol. The molecule has 2 aliphatic rings. The average Bonchev–Trinajstić information content (AvgIpc) is 3.53. The number of fused-ring (bicyclic) bond motifs is 1. The third-order valence-electron chi connectivity index (χ3n) is 6.30. The largest absolute Gasteiger partial charge is 0.476 e. The molecule has 0 N–H and O–H groups in total. The van der Waals surface area contributed by atoms with Crippen molar-refractivity contribution in [3.63, 3.8) is 0 Å². The Hall–Kier alpha value is -3.68. The number of hydrogen-bond acceptors (Lipinski definition) is 6. The Bertz CT molecular complexity index is 1140. The zero-order chi connectivity index (χ0) is 29.9. The van der Waals surface area contributed by atoms with E-state index in [0.29, 0.717) is 29.5 Å². The molecule has 0 radical (unpaired) electrons. The van der Waals surface area contributed by atoms with Gasteiger partial charge in [-0.3, -0.25) is 14.6 Å². The maximum atomic E-state index is 13.1. The molecular formula is C34H47N3O4. The van der Waals surface area contributed by atoms with Crippen molar-refractivity contribution >= 4 is 11.6 Å². The van der Waals surface area contributed by atoms with Gasteiger partial charge in [0.25, 0.3) is 5.91 Å². The van der Waals surface area contributed by atoms with Gasteiger partial charge in [0.2, 0.25) is 5.88 Å². The van der Waals surface area contributed by atoms with Crippen molar-refractivity contribution in [2.45, 2.75) is 46.5 Å². The average molecular weight is 562 g/mol. The lowest BCUT2D eigenvalue weighted by Crippen LogP contribution is -2.38. The first-order chi connectivity index (χ1) is 20.0. The van der Waals surface area contributed by atoms with Crippen LogP contribution in [0.15, 0.2) is 79.5 Å². The van der Waals surface area contributed by atoms with Gasteiger partial charge in [-0.05, 0) is 62.2 Å².